The van der Waals surface area contributed by atoms with Gasteiger partial charge in [0.1, 0.15) is 17.7 Å². The zero-order valence-corrected chi connectivity index (χ0v) is 15.0. The van der Waals surface area contributed by atoms with Crippen LogP contribution < -0.4 is 4.74 Å². The van der Waals surface area contributed by atoms with Crippen LogP contribution in [-0.2, 0) is 12.8 Å². The highest BCUT2D eigenvalue weighted by atomic mass is 19.1. The number of rotatable bonds is 3. The molecule has 2 aliphatic rings. The quantitative estimate of drug-likeness (QED) is 0.916. The molecule has 1 atom stereocenters. The molecule has 1 saturated heterocycles. The first-order valence-electron chi connectivity index (χ1n) is 9.38. The molecular weight excluding hydrogens is 333 g/mol. The molecule has 1 unspecified atom stereocenters. The van der Waals surface area contributed by atoms with E-state index in [1.807, 2.05) is 4.90 Å². The Labute approximate surface area is 152 Å². The number of carbonyl (C=O) groups excluding carboxylic acids is 1. The van der Waals surface area contributed by atoms with E-state index in [4.69, 9.17) is 4.74 Å². The number of H-pyrrole nitrogens is 1. The lowest BCUT2D eigenvalue weighted by Crippen LogP contribution is -2.42. The van der Waals surface area contributed by atoms with E-state index >= 15 is 0 Å². The second-order valence-corrected chi connectivity index (χ2v) is 7.44. The van der Waals surface area contributed by atoms with E-state index in [1.54, 1.807) is 12.1 Å². The van der Waals surface area contributed by atoms with Crippen LogP contribution in [0, 0.1) is 11.7 Å². The minimum absolute atomic E-state index is 0.0248. The lowest BCUT2D eigenvalue weighted by molar-refractivity contribution is 0.0588. The highest BCUT2D eigenvalue weighted by Gasteiger charge is 2.30. The number of aromatic amines is 1. The number of hydrogen-bond acceptors (Lipinski definition) is 3. The third kappa shape index (κ3) is 3.45. The number of amides is 1. The van der Waals surface area contributed by atoms with E-state index in [2.05, 4.69) is 17.1 Å². The van der Waals surface area contributed by atoms with E-state index < -0.39 is 0 Å². The fourth-order valence-electron chi connectivity index (χ4n) is 3.88. The minimum Gasteiger partial charge on any atom is -0.490 e. The standard InChI is InChI=1S/C20H24FN3O2/c1-13-2-7-18-17(12-13)19(23-22-18)20(25)24-10-8-16(9-11-24)26-15-5-3-14(21)4-6-15/h3-6,13,16H,2,7-12H2,1H3,(H,22,23). The highest BCUT2D eigenvalue weighted by Crippen LogP contribution is 2.28. The third-order valence-corrected chi connectivity index (χ3v) is 5.44. The Morgan fingerprint density at radius 3 is 2.69 bits per heavy atom. The number of carbonyl (C=O) groups is 1. The summed E-state index contributed by atoms with van der Waals surface area (Å²) >= 11 is 0. The van der Waals surface area contributed by atoms with Gasteiger partial charge in [0.15, 0.2) is 5.69 Å². The van der Waals surface area contributed by atoms with Gasteiger partial charge < -0.3 is 9.64 Å². The molecule has 1 aliphatic carbocycles. The van der Waals surface area contributed by atoms with E-state index in [9.17, 15) is 9.18 Å². The van der Waals surface area contributed by atoms with E-state index in [0.29, 0.717) is 30.5 Å². The summed E-state index contributed by atoms with van der Waals surface area (Å²) in [6.07, 6.45) is 4.65. The number of hydrogen-bond donors (Lipinski definition) is 1. The normalized spacial score (nSPS) is 20.7. The van der Waals surface area contributed by atoms with E-state index in [0.717, 1.165) is 43.4 Å². The Bertz CT molecular complexity index is 779. The van der Waals surface area contributed by atoms with Crippen molar-refractivity contribution < 1.29 is 13.9 Å². The topological polar surface area (TPSA) is 58.2 Å². The molecule has 138 valence electrons. The predicted molar refractivity (Wildman–Crippen MR) is 95.7 cm³/mol. The summed E-state index contributed by atoms with van der Waals surface area (Å²) in [6, 6.07) is 6.08. The molecule has 1 aromatic heterocycles. The molecule has 1 amide bonds. The van der Waals surface area contributed by atoms with E-state index in [1.165, 1.54) is 12.1 Å². The van der Waals surface area contributed by atoms with Crippen molar-refractivity contribution in [2.45, 2.75) is 45.1 Å². The molecule has 2 aromatic rings. The summed E-state index contributed by atoms with van der Waals surface area (Å²) in [7, 11) is 0. The van der Waals surface area contributed by atoms with Gasteiger partial charge >= 0.3 is 0 Å². The number of likely N-dealkylation sites (tertiary alicyclic amines) is 1. The Morgan fingerprint density at radius 2 is 1.96 bits per heavy atom. The van der Waals surface area contributed by atoms with Crippen LogP contribution in [0.3, 0.4) is 0 Å². The van der Waals surface area contributed by atoms with Crippen LogP contribution in [0.1, 0.15) is 47.9 Å². The van der Waals surface area contributed by atoms with Gasteiger partial charge in [0.25, 0.3) is 5.91 Å². The van der Waals surface area contributed by atoms with Gasteiger partial charge in [0, 0.05) is 37.2 Å². The number of piperidine rings is 1. The third-order valence-electron chi connectivity index (χ3n) is 5.44. The van der Waals surface area contributed by atoms with Crippen LogP contribution in [0.4, 0.5) is 4.39 Å². The Morgan fingerprint density at radius 1 is 1.23 bits per heavy atom. The molecule has 0 saturated carbocycles. The van der Waals surface area contributed by atoms with Gasteiger partial charge in [-0.15, -0.1) is 0 Å². The number of nitrogens with zero attached hydrogens (tertiary/aromatic N) is 2. The van der Waals surface area contributed by atoms with Gasteiger partial charge in [-0.3, -0.25) is 9.89 Å². The maximum Gasteiger partial charge on any atom is 0.274 e. The predicted octanol–water partition coefficient (Wildman–Crippen LogP) is 3.36. The maximum absolute atomic E-state index is 13.0. The van der Waals surface area contributed by atoms with Crippen molar-refractivity contribution in [3.8, 4) is 5.75 Å². The molecule has 1 aromatic carbocycles. The Balaban J connectivity index is 1.37. The SMILES string of the molecule is CC1CCc2[nH]nc(C(=O)N3CCC(Oc4ccc(F)cc4)CC3)c2C1. The number of nitrogens with one attached hydrogen (secondary N) is 1. The number of aromatic nitrogens is 2. The maximum atomic E-state index is 13.0. The molecule has 4 rings (SSSR count). The van der Waals surface area contributed by atoms with Crippen molar-refractivity contribution in [1.29, 1.82) is 0 Å². The Hall–Kier alpha value is -2.37. The summed E-state index contributed by atoms with van der Waals surface area (Å²) in [5.41, 5.74) is 2.84. The zero-order valence-electron chi connectivity index (χ0n) is 15.0. The zero-order chi connectivity index (χ0) is 18.1. The van der Waals surface area contributed by atoms with Gasteiger partial charge in [-0.1, -0.05) is 6.92 Å². The highest BCUT2D eigenvalue weighted by molar-refractivity contribution is 5.94. The largest absolute Gasteiger partial charge is 0.490 e. The lowest BCUT2D eigenvalue weighted by Gasteiger charge is -2.32. The summed E-state index contributed by atoms with van der Waals surface area (Å²) in [4.78, 5) is 14.8. The van der Waals surface area contributed by atoms with Gasteiger partial charge in [-0.25, -0.2) is 4.39 Å². The second kappa shape index (κ2) is 7.09. The van der Waals surface area contributed by atoms with Crippen molar-refractivity contribution in [3.05, 3.63) is 47.0 Å². The van der Waals surface area contributed by atoms with Crippen LogP contribution in [0.5, 0.6) is 5.75 Å². The van der Waals surface area contributed by atoms with E-state index in [-0.39, 0.29) is 17.8 Å². The number of ether oxygens (including phenoxy) is 1. The number of benzene rings is 1. The van der Waals surface area contributed by atoms with Crippen LogP contribution in [0.25, 0.3) is 0 Å². The van der Waals surface area contributed by atoms with Gasteiger partial charge in [0.2, 0.25) is 0 Å². The van der Waals surface area contributed by atoms with Crippen molar-refractivity contribution >= 4 is 5.91 Å². The monoisotopic (exact) mass is 357 g/mol. The van der Waals surface area contributed by atoms with Crippen LogP contribution in [0.2, 0.25) is 0 Å². The van der Waals surface area contributed by atoms with Crippen LogP contribution in [0.15, 0.2) is 24.3 Å². The lowest BCUT2D eigenvalue weighted by atomic mass is 9.87. The van der Waals surface area contributed by atoms with Crippen molar-refractivity contribution in [3.63, 3.8) is 0 Å². The molecule has 0 bridgehead atoms. The first kappa shape index (κ1) is 17.1. The second-order valence-electron chi connectivity index (χ2n) is 7.44. The summed E-state index contributed by atoms with van der Waals surface area (Å²) in [5.74, 6) is 1.03. The molecule has 26 heavy (non-hydrogen) atoms. The van der Waals surface area contributed by atoms with Gasteiger partial charge in [-0.05, 0) is 49.4 Å². The molecule has 1 fully saturated rings. The average Bonchev–Trinajstić information content (AvgIpc) is 3.06. The minimum atomic E-state index is -0.269. The molecule has 0 spiro atoms. The van der Waals surface area contributed by atoms with Crippen LogP contribution in [-0.4, -0.2) is 40.2 Å². The molecule has 1 aliphatic heterocycles. The summed E-state index contributed by atoms with van der Waals surface area (Å²) in [6.45, 7) is 3.53. The summed E-state index contributed by atoms with van der Waals surface area (Å²) < 4.78 is 18.9. The first-order valence-corrected chi connectivity index (χ1v) is 9.38. The summed E-state index contributed by atoms with van der Waals surface area (Å²) in [5, 5.41) is 7.38. The fraction of sp³-hybridized carbons (Fsp3) is 0.500. The molecular formula is C20H24FN3O2. The number of halogens is 1. The van der Waals surface area contributed by atoms with Crippen molar-refractivity contribution in [2.24, 2.45) is 5.92 Å². The molecule has 1 N–H and O–H groups in total. The smallest absolute Gasteiger partial charge is 0.274 e. The average molecular weight is 357 g/mol. The van der Waals surface area contributed by atoms with Gasteiger partial charge in [-0.2, -0.15) is 5.10 Å². The Kier molecular flexibility index (Phi) is 4.66. The van der Waals surface area contributed by atoms with Crippen molar-refractivity contribution in [1.82, 2.24) is 15.1 Å². The molecule has 2 heterocycles. The molecule has 5 nitrogen and oxygen atoms in total. The molecule has 6 heteroatoms. The first-order chi connectivity index (χ1) is 12.6. The molecule has 0 radical (unpaired) electrons. The number of fused-ring (bicyclic) bond motifs is 1. The van der Waals surface area contributed by atoms with Crippen LogP contribution >= 0.6 is 0 Å². The van der Waals surface area contributed by atoms with Gasteiger partial charge in [0.05, 0.1) is 0 Å². The fourth-order valence-corrected chi connectivity index (χ4v) is 3.88. The van der Waals surface area contributed by atoms with Crippen molar-refractivity contribution in [2.75, 3.05) is 13.1 Å². The number of aryl methyl sites for hydroxylation is 1.